The highest BCUT2D eigenvalue weighted by Crippen LogP contribution is 2.36. The fourth-order valence-corrected chi connectivity index (χ4v) is 5.14. The average molecular weight is 441 g/mol. The van der Waals surface area contributed by atoms with E-state index in [0.717, 1.165) is 61.3 Å². The van der Waals surface area contributed by atoms with E-state index in [1.807, 2.05) is 24.3 Å². The molecule has 5 rings (SSSR count). The maximum atomic E-state index is 10.0. The van der Waals surface area contributed by atoms with E-state index in [1.54, 1.807) is 6.20 Å². The highest BCUT2D eigenvalue weighted by Gasteiger charge is 2.30. The first-order chi connectivity index (χ1) is 15.0. The highest BCUT2D eigenvalue weighted by atomic mass is 35.5. The Hall–Kier alpha value is -2.38. The SMILES string of the molecule is CC1(Nc2ncc3nc(Nc4cccc(Cl)c4)n([C@H]4CC[C@@H](O)CC4)c3n2)CCCC1. The van der Waals surface area contributed by atoms with Gasteiger partial charge < -0.3 is 15.7 Å². The number of hydrogen-bond donors (Lipinski definition) is 3. The van der Waals surface area contributed by atoms with E-state index in [1.165, 1.54) is 12.8 Å². The molecule has 2 fully saturated rings. The van der Waals surface area contributed by atoms with Crippen LogP contribution in [0, 0.1) is 0 Å². The van der Waals surface area contributed by atoms with Crippen molar-refractivity contribution in [1.82, 2.24) is 19.5 Å². The van der Waals surface area contributed by atoms with Crippen LogP contribution in [0.25, 0.3) is 11.2 Å². The summed E-state index contributed by atoms with van der Waals surface area (Å²) in [5, 5.41) is 17.7. The molecule has 7 nitrogen and oxygen atoms in total. The molecular weight excluding hydrogens is 412 g/mol. The second-order valence-corrected chi connectivity index (χ2v) is 9.63. The number of benzene rings is 1. The normalized spacial score (nSPS) is 23.2. The molecule has 2 heterocycles. The van der Waals surface area contributed by atoms with Crippen LogP contribution in [0.4, 0.5) is 17.6 Å². The fourth-order valence-electron chi connectivity index (χ4n) is 4.95. The Bertz CT molecular complexity index is 1070. The van der Waals surface area contributed by atoms with Gasteiger partial charge in [-0.05, 0) is 63.6 Å². The molecule has 0 spiro atoms. The van der Waals surface area contributed by atoms with E-state index in [-0.39, 0.29) is 17.7 Å². The smallest absolute Gasteiger partial charge is 0.225 e. The molecule has 3 N–H and O–H groups in total. The van der Waals surface area contributed by atoms with E-state index in [9.17, 15) is 5.11 Å². The number of aliphatic hydroxyl groups excluding tert-OH is 1. The van der Waals surface area contributed by atoms with Crippen molar-refractivity contribution in [2.75, 3.05) is 10.6 Å². The highest BCUT2D eigenvalue weighted by molar-refractivity contribution is 6.30. The summed E-state index contributed by atoms with van der Waals surface area (Å²) in [6, 6.07) is 7.85. The van der Waals surface area contributed by atoms with E-state index in [0.29, 0.717) is 11.0 Å². The first-order valence-corrected chi connectivity index (χ1v) is 11.6. The first kappa shape index (κ1) is 20.5. The third-order valence-electron chi connectivity index (χ3n) is 6.67. The first-order valence-electron chi connectivity index (χ1n) is 11.2. The summed E-state index contributed by atoms with van der Waals surface area (Å²) in [4.78, 5) is 14.3. The zero-order chi connectivity index (χ0) is 21.4. The summed E-state index contributed by atoms with van der Waals surface area (Å²) in [6.07, 6.45) is 9.69. The van der Waals surface area contributed by atoms with Crippen molar-refractivity contribution in [3.05, 3.63) is 35.5 Å². The number of aromatic nitrogens is 4. The van der Waals surface area contributed by atoms with Gasteiger partial charge in [-0.15, -0.1) is 0 Å². The fraction of sp³-hybridized carbons (Fsp3) is 0.522. The van der Waals surface area contributed by atoms with Gasteiger partial charge >= 0.3 is 0 Å². The van der Waals surface area contributed by atoms with E-state index in [4.69, 9.17) is 21.6 Å². The molecule has 0 aliphatic heterocycles. The van der Waals surface area contributed by atoms with Crippen LogP contribution >= 0.6 is 11.6 Å². The van der Waals surface area contributed by atoms with Crippen LogP contribution < -0.4 is 10.6 Å². The maximum absolute atomic E-state index is 10.0. The summed E-state index contributed by atoms with van der Waals surface area (Å²) in [6.45, 7) is 2.25. The number of nitrogens with zero attached hydrogens (tertiary/aromatic N) is 4. The summed E-state index contributed by atoms with van der Waals surface area (Å²) in [5.74, 6) is 1.39. The van der Waals surface area contributed by atoms with Crippen molar-refractivity contribution in [2.24, 2.45) is 0 Å². The van der Waals surface area contributed by atoms with Gasteiger partial charge in [0.1, 0.15) is 5.52 Å². The van der Waals surface area contributed by atoms with Crippen LogP contribution in [-0.2, 0) is 0 Å². The second kappa shape index (κ2) is 8.28. The van der Waals surface area contributed by atoms with E-state index < -0.39 is 0 Å². The molecule has 164 valence electrons. The van der Waals surface area contributed by atoms with Gasteiger partial charge in [-0.2, -0.15) is 4.98 Å². The van der Waals surface area contributed by atoms with Gasteiger partial charge in [0.15, 0.2) is 5.65 Å². The lowest BCUT2D eigenvalue weighted by molar-refractivity contribution is 0.112. The van der Waals surface area contributed by atoms with Gasteiger partial charge in [-0.1, -0.05) is 30.5 Å². The van der Waals surface area contributed by atoms with Crippen molar-refractivity contribution < 1.29 is 5.11 Å². The van der Waals surface area contributed by atoms with Gasteiger partial charge in [0.25, 0.3) is 0 Å². The molecule has 2 aliphatic carbocycles. The molecule has 0 atom stereocenters. The van der Waals surface area contributed by atoms with Gasteiger partial charge in [0, 0.05) is 22.3 Å². The maximum Gasteiger partial charge on any atom is 0.225 e. The summed E-state index contributed by atoms with van der Waals surface area (Å²) in [7, 11) is 0. The monoisotopic (exact) mass is 440 g/mol. The Kier molecular flexibility index (Phi) is 5.48. The number of nitrogens with one attached hydrogen (secondary N) is 2. The molecule has 0 saturated heterocycles. The van der Waals surface area contributed by atoms with Gasteiger partial charge in [-0.25, -0.2) is 9.97 Å². The van der Waals surface area contributed by atoms with Crippen molar-refractivity contribution in [3.63, 3.8) is 0 Å². The molecule has 2 aliphatic rings. The second-order valence-electron chi connectivity index (χ2n) is 9.20. The van der Waals surface area contributed by atoms with Crippen molar-refractivity contribution in [1.29, 1.82) is 0 Å². The quantitative estimate of drug-likeness (QED) is 0.489. The minimum absolute atomic E-state index is 0.0509. The lowest BCUT2D eigenvalue weighted by Gasteiger charge is -2.28. The largest absolute Gasteiger partial charge is 0.393 e. The molecule has 0 amide bonds. The topological polar surface area (TPSA) is 87.9 Å². The minimum Gasteiger partial charge on any atom is -0.393 e. The van der Waals surface area contributed by atoms with Crippen molar-refractivity contribution >= 4 is 40.3 Å². The van der Waals surface area contributed by atoms with Crippen LogP contribution in [0.15, 0.2) is 30.5 Å². The lowest BCUT2D eigenvalue weighted by atomic mass is 9.93. The van der Waals surface area contributed by atoms with Gasteiger partial charge in [0.2, 0.25) is 11.9 Å². The molecule has 1 aromatic carbocycles. The van der Waals surface area contributed by atoms with Crippen LogP contribution in [0.5, 0.6) is 0 Å². The molecule has 3 aromatic rings. The standard InChI is InChI=1S/C23H29ClN6O/c1-23(11-2-3-12-23)29-21-25-14-19-20(28-21)30(17-7-9-18(31)10-8-17)22(27-19)26-16-6-4-5-15(24)13-16/h4-6,13-14,17-18,31H,2-3,7-12H2,1H3,(H,26,27)(H,25,28,29)/t17-,18+. The average Bonchev–Trinajstić information content (AvgIpc) is 3.32. The number of fused-ring (bicyclic) bond motifs is 1. The number of halogens is 1. The number of anilines is 3. The Morgan fingerprint density at radius 2 is 1.90 bits per heavy atom. The van der Waals surface area contributed by atoms with E-state index >= 15 is 0 Å². The van der Waals surface area contributed by atoms with Gasteiger partial charge in [0.05, 0.1) is 12.3 Å². The van der Waals surface area contributed by atoms with Crippen LogP contribution in [0.1, 0.15) is 64.3 Å². The molecule has 8 heteroatoms. The number of aliphatic hydroxyl groups is 1. The zero-order valence-corrected chi connectivity index (χ0v) is 18.6. The zero-order valence-electron chi connectivity index (χ0n) is 17.8. The Balaban J connectivity index is 1.54. The predicted octanol–water partition coefficient (Wildman–Crippen LogP) is 5.44. The molecule has 31 heavy (non-hydrogen) atoms. The minimum atomic E-state index is -0.218. The summed E-state index contributed by atoms with van der Waals surface area (Å²) >= 11 is 6.18. The third-order valence-corrected chi connectivity index (χ3v) is 6.90. The Morgan fingerprint density at radius 1 is 1.13 bits per heavy atom. The van der Waals surface area contributed by atoms with Crippen molar-refractivity contribution in [3.8, 4) is 0 Å². The van der Waals surface area contributed by atoms with Crippen molar-refractivity contribution in [2.45, 2.75) is 76.0 Å². The number of imidazole rings is 1. The lowest BCUT2D eigenvalue weighted by Crippen LogP contribution is -2.31. The number of rotatable bonds is 5. The number of hydrogen-bond acceptors (Lipinski definition) is 6. The molecule has 2 saturated carbocycles. The third kappa shape index (κ3) is 4.34. The Labute approximate surface area is 187 Å². The van der Waals surface area contributed by atoms with Crippen LogP contribution in [-0.4, -0.2) is 36.3 Å². The molecular formula is C23H29ClN6O. The van der Waals surface area contributed by atoms with Crippen LogP contribution in [0.3, 0.4) is 0 Å². The van der Waals surface area contributed by atoms with Crippen LogP contribution in [0.2, 0.25) is 5.02 Å². The molecule has 0 unspecified atom stereocenters. The van der Waals surface area contributed by atoms with Gasteiger partial charge in [-0.3, -0.25) is 4.57 Å². The van der Waals surface area contributed by atoms with E-state index in [2.05, 4.69) is 27.1 Å². The summed E-state index contributed by atoms with van der Waals surface area (Å²) < 4.78 is 2.19. The molecule has 0 radical (unpaired) electrons. The summed E-state index contributed by atoms with van der Waals surface area (Å²) in [5.41, 5.74) is 2.52. The molecule has 2 aromatic heterocycles. The predicted molar refractivity (Wildman–Crippen MR) is 124 cm³/mol. The molecule has 0 bridgehead atoms. The Morgan fingerprint density at radius 3 is 2.65 bits per heavy atom.